The molecule has 0 saturated heterocycles. The van der Waals surface area contributed by atoms with Crippen LogP contribution in [0.4, 0.5) is 0 Å². The monoisotopic (exact) mass is 256 g/mol. The first-order chi connectivity index (χ1) is 8.21. The van der Waals surface area contributed by atoms with E-state index in [-0.39, 0.29) is 6.17 Å². The third-order valence-electron chi connectivity index (χ3n) is 2.62. The second kappa shape index (κ2) is 6.74. The van der Waals surface area contributed by atoms with E-state index in [1.165, 1.54) is 0 Å². The Morgan fingerprint density at radius 2 is 1.65 bits per heavy atom. The summed E-state index contributed by atoms with van der Waals surface area (Å²) in [5, 5.41) is 6.36. The van der Waals surface area contributed by atoms with Crippen LogP contribution in [0.15, 0.2) is 17.0 Å². The fourth-order valence-corrected chi connectivity index (χ4v) is 2.30. The van der Waals surface area contributed by atoms with Crippen molar-refractivity contribution in [1.82, 2.24) is 10.6 Å². The van der Waals surface area contributed by atoms with Gasteiger partial charge in [0.15, 0.2) is 0 Å². The highest BCUT2D eigenvalue weighted by atomic mass is 32.2. The van der Waals surface area contributed by atoms with Crippen molar-refractivity contribution in [3.8, 4) is 11.5 Å². The molecule has 0 heterocycles. The van der Waals surface area contributed by atoms with Gasteiger partial charge in [0, 0.05) is 5.56 Å². The van der Waals surface area contributed by atoms with Gasteiger partial charge in [-0.05, 0) is 32.5 Å². The molecule has 0 radical (unpaired) electrons. The number of benzene rings is 1. The van der Waals surface area contributed by atoms with Crippen LogP contribution in [0, 0.1) is 0 Å². The first kappa shape index (κ1) is 14.2. The van der Waals surface area contributed by atoms with Gasteiger partial charge in [0.25, 0.3) is 0 Å². The zero-order chi connectivity index (χ0) is 12.8. The summed E-state index contributed by atoms with van der Waals surface area (Å²) in [6.07, 6.45) is 2.06. The maximum Gasteiger partial charge on any atom is 0.133 e. The molecule has 0 saturated carbocycles. The average molecular weight is 256 g/mol. The predicted octanol–water partition coefficient (Wildman–Crippen LogP) is 1.86. The van der Waals surface area contributed by atoms with E-state index in [9.17, 15) is 0 Å². The fourth-order valence-electron chi connectivity index (χ4n) is 1.73. The van der Waals surface area contributed by atoms with E-state index in [1.54, 1.807) is 26.0 Å². The highest BCUT2D eigenvalue weighted by Gasteiger charge is 2.16. The molecule has 96 valence electrons. The summed E-state index contributed by atoms with van der Waals surface area (Å²) < 4.78 is 10.8. The fraction of sp³-hybridized carbons (Fsp3) is 0.500. The standard InChI is InChI=1S/C12H20N2O2S/c1-13-12(14-2)8-6-10(16-4)11(17-5)7-9(8)15-3/h6-7,12-14H,1-5H3. The van der Waals surface area contributed by atoms with Crippen molar-refractivity contribution in [2.45, 2.75) is 11.1 Å². The zero-order valence-electron chi connectivity index (χ0n) is 11.0. The van der Waals surface area contributed by atoms with Crippen molar-refractivity contribution in [2.75, 3.05) is 34.6 Å². The van der Waals surface area contributed by atoms with Crippen LogP contribution < -0.4 is 20.1 Å². The number of hydrogen-bond acceptors (Lipinski definition) is 5. The van der Waals surface area contributed by atoms with Crippen LogP contribution in [0.5, 0.6) is 11.5 Å². The zero-order valence-corrected chi connectivity index (χ0v) is 11.8. The van der Waals surface area contributed by atoms with Gasteiger partial charge in [-0.25, -0.2) is 0 Å². The van der Waals surface area contributed by atoms with Gasteiger partial charge < -0.3 is 20.1 Å². The summed E-state index contributed by atoms with van der Waals surface area (Å²) in [6, 6.07) is 4.00. The lowest BCUT2D eigenvalue weighted by Crippen LogP contribution is -2.29. The molecule has 1 aromatic carbocycles. The second-order valence-corrected chi connectivity index (χ2v) is 4.31. The molecular weight excluding hydrogens is 236 g/mol. The van der Waals surface area contributed by atoms with Gasteiger partial charge in [0.1, 0.15) is 11.5 Å². The van der Waals surface area contributed by atoms with E-state index >= 15 is 0 Å². The molecule has 0 bridgehead atoms. The van der Waals surface area contributed by atoms with Crippen LogP contribution in [0.2, 0.25) is 0 Å². The molecule has 0 unspecified atom stereocenters. The second-order valence-electron chi connectivity index (χ2n) is 3.46. The van der Waals surface area contributed by atoms with Crippen LogP contribution in [0.25, 0.3) is 0 Å². The Labute approximate surface area is 107 Å². The van der Waals surface area contributed by atoms with Crippen LogP contribution in [0.1, 0.15) is 11.7 Å². The molecule has 0 aromatic heterocycles. The Bertz CT molecular complexity index is 368. The van der Waals surface area contributed by atoms with Gasteiger partial charge in [-0.3, -0.25) is 0 Å². The summed E-state index contributed by atoms with van der Waals surface area (Å²) in [4.78, 5) is 1.07. The molecule has 0 aliphatic rings. The molecule has 2 N–H and O–H groups in total. The molecular formula is C12H20N2O2S. The summed E-state index contributed by atoms with van der Waals surface area (Å²) in [5.41, 5.74) is 1.03. The van der Waals surface area contributed by atoms with Crippen molar-refractivity contribution in [1.29, 1.82) is 0 Å². The maximum absolute atomic E-state index is 5.42. The molecule has 1 rings (SSSR count). The molecule has 0 aliphatic carbocycles. The largest absolute Gasteiger partial charge is 0.496 e. The Morgan fingerprint density at radius 3 is 2.06 bits per heavy atom. The van der Waals surface area contributed by atoms with Crippen molar-refractivity contribution >= 4 is 11.8 Å². The molecule has 0 fully saturated rings. The molecule has 17 heavy (non-hydrogen) atoms. The van der Waals surface area contributed by atoms with Gasteiger partial charge >= 0.3 is 0 Å². The number of rotatable bonds is 6. The Hall–Kier alpha value is -0.910. The number of nitrogens with one attached hydrogen (secondary N) is 2. The normalized spacial score (nSPS) is 10.7. The Balaban J connectivity index is 3.27. The highest BCUT2D eigenvalue weighted by molar-refractivity contribution is 7.98. The van der Waals surface area contributed by atoms with Gasteiger partial charge in [0.2, 0.25) is 0 Å². The molecule has 5 heteroatoms. The molecule has 1 aromatic rings. The Morgan fingerprint density at radius 1 is 1.06 bits per heavy atom. The third kappa shape index (κ3) is 3.06. The number of thioether (sulfide) groups is 1. The molecule has 0 spiro atoms. The van der Waals surface area contributed by atoms with Crippen molar-refractivity contribution in [2.24, 2.45) is 0 Å². The van der Waals surface area contributed by atoms with Gasteiger partial charge in [-0.2, -0.15) is 0 Å². The smallest absolute Gasteiger partial charge is 0.133 e. The lowest BCUT2D eigenvalue weighted by atomic mass is 10.1. The summed E-state index contributed by atoms with van der Waals surface area (Å²) in [5.74, 6) is 1.72. The minimum Gasteiger partial charge on any atom is -0.496 e. The number of ether oxygens (including phenoxy) is 2. The summed E-state index contributed by atoms with van der Waals surface area (Å²) >= 11 is 1.64. The van der Waals surface area contributed by atoms with E-state index in [0.717, 1.165) is 22.0 Å². The summed E-state index contributed by atoms with van der Waals surface area (Å²) in [6.45, 7) is 0. The minimum absolute atomic E-state index is 0.0368. The van der Waals surface area contributed by atoms with Gasteiger partial charge in [-0.1, -0.05) is 0 Å². The van der Waals surface area contributed by atoms with Gasteiger partial charge in [-0.15, -0.1) is 11.8 Å². The van der Waals surface area contributed by atoms with E-state index in [2.05, 4.69) is 10.6 Å². The van der Waals surface area contributed by atoms with Crippen molar-refractivity contribution in [3.05, 3.63) is 17.7 Å². The molecule has 4 nitrogen and oxygen atoms in total. The third-order valence-corrected chi connectivity index (χ3v) is 3.38. The summed E-state index contributed by atoms with van der Waals surface area (Å²) in [7, 11) is 7.15. The molecule has 0 atom stereocenters. The molecule has 0 amide bonds. The number of methoxy groups -OCH3 is 2. The first-order valence-electron chi connectivity index (χ1n) is 5.36. The van der Waals surface area contributed by atoms with Crippen LogP contribution in [-0.2, 0) is 0 Å². The van der Waals surface area contributed by atoms with Crippen molar-refractivity contribution in [3.63, 3.8) is 0 Å². The van der Waals surface area contributed by atoms with E-state index in [1.807, 2.05) is 32.5 Å². The van der Waals surface area contributed by atoms with Crippen LogP contribution >= 0.6 is 11.8 Å². The molecule has 0 aliphatic heterocycles. The SMILES string of the molecule is CNC(NC)c1cc(OC)c(SC)cc1OC. The van der Waals surface area contributed by atoms with Gasteiger partial charge in [0.05, 0.1) is 25.3 Å². The topological polar surface area (TPSA) is 42.5 Å². The number of hydrogen-bond donors (Lipinski definition) is 2. The quantitative estimate of drug-likeness (QED) is 0.601. The van der Waals surface area contributed by atoms with Crippen molar-refractivity contribution < 1.29 is 9.47 Å². The van der Waals surface area contributed by atoms with Crippen LogP contribution in [0.3, 0.4) is 0 Å². The highest BCUT2D eigenvalue weighted by Crippen LogP contribution is 2.36. The lowest BCUT2D eigenvalue weighted by molar-refractivity contribution is 0.379. The minimum atomic E-state index is 0.0368. The predicted molar refractivity (Wildman–Crippen MR) is 72.2 cm³/mol. The van der Waals surface area contributed by atoms with Crippen LogP contribution in [-0.4, -0.2) is 34.6 Å². The Kier molecular flexibility index (Phi) is 5.61. The lowest BCUT2D eigenvalue weighted by Gasteiger charge is -2.20. The first-order valence-corrected chi connectivity index (χ1v) is 6.58. The van der Waals surface area contributed by atoms with E-state index in [4.69, 9.17) is 9.47 Å². The maximum atomic E-state index is 5.42. The van der Waals surface area contributed by atoms with E-state index in [0.29, 0.717) is 0 Å². The average Bonchev–Trinajstić information content (AvgIpc) is 2.39. The van der Waals surface area contributed by atoms with E-state index < -0.39 is 0 Å².